The molecule has 0 saturated carbocycles. The van der Waals surface area contributed by atoms with E-state index in [-0.39, 0.29) is 24.2 Å². The molecule has 1 N–H and O–H groups in total. The number of aryl methyl sites for hydroxylation is 1. The van der Waals surface area contributed by atoms with Gasteiger partial charge in [0.25, 0.3) is 0 Å². The number of hydrogen-bond acceptors (Lipinski definition) is 3. The van der Waals surface area contributed by atoms with Crippen molar-refractivity contribution in [1.82, 2.24) is 9.88 Å². The fourth-order valence-electron chi connectivity index (χ4n) is 2.81. The van der Waals surface area contributed by atoms with Gasteiger partial charge in [-0.15, -0.1) is 0 Å². The van der Waals surface area contributed by atoms with E-state index in [9.17, 15) is 9.59 Å². The van der Waals surface area contributed by atoms with Crippen molar-refractivity contribution < 1.29 is 9.59 Å². The van der Waals surface area contributed by atoms with Crippen LogP contribution < -0.4 is 5.32 Å². The first-order chi connectivity index (χ1) is 11.5. The Morgan fingerprint density at radius 1 is 1.33 bits per heavy atom. The van der Waals surface area contributed by atoms with Gasteiger partial charge in [-0.25, -0.2) is 0 Å². The minimum atomic E-state index is -0.317. The van der Waals surface area contributed by atoms with Crippen molar-refractivity contribution in [3.8, 4) is 0 Å². The Morgan fingerprint density at radius 2 is 2.08 bits per heavy atom. The zero-order valence-electron chi connectivity index (χ0n) is 13.3. The van der Waals surface area contributed by atoms with Crippen LogP contribution in [-0.4, -0.2) is 28.2 Å². The summed E-state index contributed by atoms with van der Waals surface area (Å²) in [6.45, 7) is 2.90. The predicted molar refractivity (Wildman–Crippen MR) is 95.3 cm³/mol. The van der Waals surface area contributed by atoms with Gasteiger partial charge in [0.1, 0.15) is 0 Å². The summed E-state index contributed by atoms with van der Waals surface area (Å²) in [4.78, 5) is 30.4. The Bertz CT molecular complexity index is 764. The van der Waals surface area contributed by atoms with Crippen LogP contribution >= 0.6 is 15.9 Å². The van der Waals surface area contributed by atoms with Crippen LogP contribution in [0.25, 0.3) is 0 Å². The average Bonchev–Trinajstić information content (AvgIpc) is 2.92. The molecule has 1 unspecified atom stereocenters. The molecule has 1 atom stereocenters. The molecule has 0 radical (unpaired) electrons. The van der Waals surface area contributed by atoms with Gasteiger partial charge in [0.2, 0.25) is 11.8 Å². The van der Waals surface area contributed by atoms with Gasteiger partial charge < -0.3 is 10.2 Å². The van der Waals surface area contributed by atoms with Crippen molar-refractivity contribution in [2.75, 3.05) is 11.9 Å². The monoisotopic (exact) mass is 387 g/mol. The second kappa shape index (κ2) is 7.13. The van der Waals surface area contributed by atoms with Crippen molar-refractivity contribution >= 4 is 33.4 Å². The molecule has 6 heteroatoms. The Kier molecular flexibility index (Phi) is 4.94. The Labute approximate surface area is 149 Å². The van der Waals surface area contributed by atoms with Crippen LogP contribution in [0.1, 0.15) is 17.5 Å². The zero-order valence-corrected chi connectivity index (χ0v) is 14.9. The molecule has 1 saturated heterocycles. The second-order valence-corrected chi connectivity index (χ2v) is 6.89. The molecule has 24 heavy (non-hydrogen) atoms. The fraction of sp³-hybridized carbons (Fsp3) is 0.278. The molecule has 1 aromatic heterocycles. The van der Waals surface area contributed by atoms with Gasteiger partial charge in [0.05, 0.1) is 5.92 Å². The summed E-state index contributed by atoms with van der Waals surface area (Å²) in [5.74, 6) is -0.409. The predicted octanol–water partition coefficient (Wildman–Crippen LogP) is 3.14. The Morgan fingerprint density at radius 3 is 2.79 bits per heavy atom. The number of likely N-dealkylation sites (tertiary alicyclic amines) is 1. The topological polar surface area (TPSA) is 62.3 Å². The lowest BCUT2D eigenvalue weighted by atomic mass is 10.1. The minimum Gasteiger partial charge on any atom is -0.338 e. The summed E-state index contributed by atoms with van der Waals surface area (Å²) in [5, 5.41) is 2.94. The van der Waals surface area contributed by atoms with E-state index in [1.54, 1.807) is 17.3 Å². The maximum atomic E-state index is 12.5. The third kappa shape index (κ3) is 3.82. The summed E-state index contributed by atoms with van der Waals surface area (Å²) in [5.41, 5.74) is 2.78. The van der Waals surface area contributed by atoms with Crippen LogP contribution in [0.4, 0.5) is 5.69 Å². The quantitative estimate of drug-likeness (QED) is 0.876. The van der Waals surface area contributed by atoms with Crippen molar-refractivity contribution in [2.24, 2.45) is 5.92 Å². The highest BCUT2D eigenvalue weighted by Crippen LogP contribution is 2.24. The van der Waals surface area contributed by atoms with Crippen LogP contribution in [0.3, 0.4) is 0 Å². The molecule has 1 aliphatic heterocycles. The third-order valence-corrected chi connectivity index (χ3v) is 4.65. The van der Waals surface area contributed by atoms with E-state index >= 15 is 0 Å². The van der Waals surface area contributed by atoms with E-state index in [0.29, 0.717) is 13.1 Å². The summed E-state index contributed by atoms with van der Waals surface area (Å²) < 4.78 is 0.970. The lowest BCUT2D eigenvalue weighted by Gasteiger charge is -2.17. The van der Waals surface area contributed by atoms with E-state index in [1.165, 1.54) is 0 Å². The molecule has 2 heterocycles. The SMILES string of the molecule is Cc1cc(Br)ccc1NC(=O)C1CC(=O)N(Cc2ccncc2)C1. The molecule has 1 aliphatic rings. The van der Waals surface area contributed by atoms with Crippen molar-refractivity contribution in [3.05, 3.63) is 58.3 Å². The Balaban J connectivity index is 1.63. The molecule has 124 valence electrons. The normalized spacial score (nSPS) is 17.2. The first-order valence-electron chi connectivity index (χ1n) is 7.76. The van der Waals surface area contributed by atoms with Gasteiger partial charge in [0, 0.05) is 42.1 Å². The number of anilines is 1. The highest BCUT2D eigenvalue weighted by atomic mass is 79.9. The standard InChI is InChI=1S/C18H18BrN3O2/c1-12-8-15(19)2-3-16(12)21-18(24)14-9-17(23)22(11-14)10-13-4-6-20-7-5-13/h2-8,14H,9-11H2,1H3,(H,21,24). The number of nitrogens with zero attached hydrogens (tertiary/aromatic N) is 2. The third-order valence-electron chi connectivity index (χ3n) is 4.15. The average molecular weight is 388 g/mol. The number of hydrogen-bond donors (Lipinski definition) is 1. The second-order valence-electron chi connectivity index (χ2n) is 5.98. The van der Waals surface area contributed by atoms with Gasteiger partial charge in [-0.05, 0) is 48.4 Å². The molecule has 5 nitrogen and oxygen atoms in total. The number of carbonyl (C=O) groups is 2. The van der Waals surface area contributed by atoms with E-state index in [0.717, 1.165) is 21.3 Å². The Hall–Kier alpha value is -2.21. The number of halogens is 1. The molecular formula is C18H18BrN3O2. The van der Waals surface area contributed by atoms with Crippen LogP contribution in [0.15, 0.2) is 47.2 Å². The highest BCUT2D eigenvalue weighted by Gasteiger charge is 2.34. The lowest BCUT2D eigenvalue weighted by molar-refractivity contribution is -0.128. The van der Waals surface area contributed by atoms with Crippen LogP contribution in [-0.2, 0) is 16.1 Å². The summed E-state index contributed by atoms with van der Waals surface area (Å²) >= 11 is 3.41. The number of nitrogens with one attached hydrogen (secondary N) is 1. The first kappa shape index (κ1) is 16.6. The largest absolute Gasteiger partial charge is 0.338 e. The number of amides is 2. The summed E-state index contributed by atoms with van der Waals surface area (Å²) in [6.07, 6.45) is 3.67. The number of benzene rings is 1. The molecule has 2 amide bonds. The maximum absolute atomic E-state index is 12.5. The van der Waals surface area contributed by atoms with E-state index in [2.05, 4.69) is 26.2 Å². The number of pyridine rings is 1. The van der Waals surface area contributed by atoms with Gasteiger partial charge >= 0.3 is 0 Å². The molecule has 2 aromatic rings. The van der Waals surface area contributed by atoms with Gasteiger partial charge in [-0.1, -0.05) is 15.9 Å². The minimum absolute atomic E-state index is 0.0134. The molecule has 0 aliphatic carbocycles. The molecule has 1 fully saturated rings. The van der Waals surface area contributed by atoms with E-state index in [4.69, 9.17) is 0 Å². The fourth-order valence-corrected chi connectivity index (χ4v) is 3.29. The van der Waals surface area contributed by atoms with Gasteiger partial charge in [-0.2, -0.15) is 0 Å². The lowest BCUT2D eigenvalue weighted by Crippen LogP contribution is -2.28. The molecule has 1 aromatic carbocycles. The van der Waals surface area contributed by atoms with Gasteiger partial charge in [-0.3, -0.25) is 14.6 Å². The number of carbonyl (C=O) groups excluding carboxylic acids is 2. The smallest absolute Gasteiger partial charge is 0.229 e. The number of rotatable bonds is 4. The van der Waals surface area contributed by atoms with Crippen LogP contribution in [0, 0.1) is 12.8 Å². The van der Waals surface area contributed by atoms with Crippen molar-refractivity contribution in [2.45, 2.75) is 19.9 Å². The molecular weight excluding hydrogens is 370 g/mol. The van der Waals surface area contributed by atoms with Crippen molar-refractivity contribution in [3.63, 3.8) is 0 Å². The zero-order chi connectivity index (χ0) is 17.1. The summed E-state index contributed by atoms with van der Waals surface area (Å²) in [6, 6.07) is 9.46. The summed E-state index contributed by atoms with van der Waals surface area (Å²) in [7, 11) is 0. The van der Waals surface area contributed by atoms with Gasteiger partial charge in [0.15, 0.2) is 0 Å². The first-order valence-corrected chi connectivity index (χ1v) is 8.56. The molecule has 3 rings (SSSR count). The maximum Gasteiger partial charge on any atom is 0.229 e. The number of aromatic nitrogens is 1. The van der Waals surface area contributed by atoms with Crippen LogP contribution in [0.5, 0.6) is 0 Å². The highest BCUT2D eigenvalue weighted by molar-refractivity contribution is 9.10. The van der Waals surface area contributed by atoms with Crippen LogP contribution in [0.2, 0.25) is 0 Å². The molecule has 0 bridgehead atoms. The van der Waals surface area contributed by atoms with E-state index < -0.39 is 0 Å². The molecule has 0 spiro atoms. The van der Waals surface area contributed by atoms with E-state index in [1.807, 2.05) is 37.3 Å². The van der Waals surface area contributed by atoms with Crippen molar-refractivity contribution in [1.29, 1.82) is 0 Å².